The lowest BCUT2D eigenvalue weighted by molar-refractivity contribution is -0.00177. The Balaban J connectivity index is 1.96. The van der Waals surface area contributed by atoms with Crippen molar-refractivity contribution in [2.24, 2.45) is 0 Å². The minimum absolute atomic E-state index is 0.203. The highest BCUT2D eigenvalue weighted by Crippen LogP contribution is 2.29. The van der Waals surface area contributed by atoms with E-state index in [0.29, 0.717) is 29.9 Å². The van der Waals surface area contributed by atoms with Gasteiger partial charge in [0.25, 0.3) is 5.91 Å². The van der Waals surface area contributed by atoms with E-state index in [-0.39, 0.29) is 12.1 Å². The van der Waals surface area contributed by atoms with E-state index in [0.717, 1.165) is 11.1 Å². The zero-order valence-corrected chi connectivity index (χ0v) is 19.6. The monoisotopic (exact) mass is 468 g/mol. The Hall–Kier alpha value is -3.55. The zero-order chi connectivity index (χ0) is 25.1. The molecule has 0 spiro atoms. The maximum Gasteiger partial charge on any atom is 0.255 e. The molecule has 9 nitrogen and oxygen atoms in total. The predicted molar refractivity (Wildman–Crippen MR) is 126 cm³/mol. The number of nitrogens with one attached hydrogen (secondary N) is 2. The van der Waals surface area contributed by atoms with Crippen LogP contribution in [-0.4, -0.2) is 61.2 Å². The molecule has 3 heterocycles. The van der Waals surface area contributed by atoms with Crippen LogP contribution in [0.15, 0.2) is 36.8 Å². The summed E-state index contributed by atoms with van der Waals surface area (Å²) in [5, 5.41) is 38.9. The first kappa shape index (κ1) is 25.1. The van der Waals surface area contributed by atoms with Crippen molar-refractivity contribution < 1.29 is 19.4 Å². The number of amides is 1. The molecule has 0 aromatic carbocycles. The summed E-state index contributed by atoms with van der Waals surface area (Å²) in [4.78, 5) is 17.0. The first-order valence-electron chi connectivity index (χ1n) is 10.9. The van der Waals surface area contributed by atoms with Crippen LogP contribution in [0.4, 0.5) is 10.1 Å². The van der Waals surface area contributed by atoms with Crippen molar-refractivity contribution in [1.82, 2.24) is 19.9 Å². The lowest BCUT2D eigenvalue weighted by Crippen LogP contribution is -2.42. The van der Waals surface area contributed by atoms with Crippen molar-refractivity contribution in [3.8, 4) is 17.2 Å². The van der Waals surface area contributed by atoms with Crippen LogP contribution in [0.3, 0.4) is 0 Å². The second-order valence-corrected chi connectivity index (χ2v) is 9.36. The minimum atomic E-state index is -1.65. The summed E-state index contributed by atoms with van der Waals surface area (Å²) in [6.45, 7) is 6.06. The molecular formula is C24H29FN6O3. The third kappa shape index (κ3) is 6.07. The summed E-state index contributed by atoms with van der Waals surface area (Å²) < 4.78 is 15.8. The molecule has 0 aliphatic rings. The highest BCUT2D eigenvalue weighted by atomic mass is 19.1. The highest BCUT2D eigenvalue weighted by Gasteiger charge is 2.27. The van der Waals surface area contributed by atoms with E-state index in [9.17, 15) is 19.4 Å². The number of hydrogen-bond donors (Lipinski definition) is 4. The quantitative estimate of drug-likeness (QED) is 0.379. The van der Waals surface area contributed by atoms with Crippen LogP contribution in [0, 0.1) is 11.3 Å². The molecule has 3 rings (SSSR count). The number of pyridine rings is 1. The average Bonchev–Trinajstić information content (AvgIpc) is 3.20. The Bertz CT molecular complexity index is 1200. The first-order chi connectivity index (χ1) is 15.9. The van der Waals surface area contributed by atoms with Crippen LogP contribution >= 0.6 is 0 Å². The highest BCUT2D eigenvalue weighted by molar-refractivity contribution is 6.03. The normalized spacial score (nSPS) is 12.9. The van der Waals surface area contributed by atoms with Crippen LogP contribution in [0.2, 0.25) is 0 Å². The van der Waals surface area contributed by atoms with Crippen LogP contribution in [0.5, 0.6) is 0 Å². The van der Waals surface area contributed by atoms with Gasteiger partial charge in [0, 0.05) is 30.1 Å². The summed E-state index contributed by atoms with van der Waals surface area (Å²) in [7, 11) is 0. The first-order valence-corrected chi connectivity index (χ1v) is 10.9. The number of fused-ring (bicyclic) bond motifs is 1. The van der Waals surface area contributed by atoms with Crippen LogP contribution in [-0.2, 0) is 0 Å². The molecule has 3 aromatic heterocycles. The largest absolute Gasteiger partial charge is 0.390 e. The van der Waals surface area contributed by atoms with E-state index in [2.05, 4.69) is 20.7 Å². The number of halogens is 1. The molecule has 3 aromatic rings. The van der Waals surface area contributed by atoms with Crippen molar-refractivity contribution in [2.75, 3.05) is 18.4 Å². The molecule has 4 N–H and O–H groups in total. The third-order valence-corrected chi connectivity index (χ3v) is 5.34. The molecule has 1 unspecified atom stereocenters. The molecule has 1 atom stereocenters. The lowest BCUT2D eigenvalue weighted by atomic mass is 10.0. The topological polar surface area (TPSA) is 136 Å². The number of carbonyl (C=O) groups excluding carboxylic acids is 1. The lowest BCUT2D eigenvalue weighted by Gasteiger charge is -2.23. The van der Waals surface area contributed by atoms with Gasteiger partial charge in [-0.25, -0.2) is 13.9 Å². The molecular weight excluding hydrogens is 439 g/mol. The molecule has 0 aliphatic carbocycles. The molecule has 0 fully saturated rings. The third-order valence-electron chi connectivity index (χ3n) is 5.34. The van der Waals surface area contributed by atoms with Crippen molar-refractivity contribution >= 4 is 17.1 Å². The van der Waals surface area contributed by atoms with Crippen LogP contribution in [0.1, 0.15) is 50.2 Å². The van der Waals surface area contributed by atoms with Gasteiger partial charge in [0.1, 0.15) is 17.9 Å². The summed E-state index contributed by atoms with van der Waals surface area (Å²) >= 11 is 0. The van der Waals surface area contributed by atoms with Crippen molar-refractivity contribution in [2.45, 2.75) is 51.5 Å². The van der Waals surface area contributed by atoms with Gasteiger partial charge in [-0.3, -0.25) is 4.79 Å². The number of hydrogen-bond acceptors (Lipinski definition) is 7. The van der Waals surface area contributed by atoms with E-state index in [1.54, 1.807) is 42.9 Å². The summed E-state index contributed by atoms with van der Waals surface area (Å²) in [5.74, 6) is -0.546. The molecule has 0 saturated heterocycles. The second-order valence-electron chi connectivity index (χ2n) is 9.36. The smallest absolute Gasteiger partial charge is 0.255 e. The number of nitrogens with zero attached hydrogens (tertiary/aromatic N) is 4. The van der Waals surface area contributed by atoms with E-state index in [1.165, 1.54) is 20.0 Å². The Morgan fingerprint density at radius 3 is 2.56 bits per heavy atom. The fourth-order valence-corrected chi connectivity index (χ4v) is 3.22. The Morgan fingerprint density at radius 1 is 1.24 bits per heavy atom. The number of rotatable bonds is 9. The fraction of sp³-hybridized carbons (Fsp3) is 0.417. The molecule has 1 amide bonds. The summed E-state index contributed by atoms with van der Waals surface area (Å²) in [5.41, 5.74) is 0.625. The number of alkyl halides is 1. The summed E-state index contributed by atoms with van der Waals surface area (Å²) in [6.07, 6.45) is 3.50. The molecule has 0 saturated carbocycles. The number of aromatic nitrogens is 3. The molecule has 0 bridgehead atoms. The van der Waals surface area contributed by atoms with E-state index in [4.69, 9.17) is 5.26 Å². The van der Waals surface area contributed by atoms with Gasteiger partial charge in [-0.2, -0.15) is 10.4 Å². The molecule has 180 valence electrons. The van der Waals surface area contributed by atoms with Gasteiger partial charge in [-0.15, -0.1) is 0 Å². The molecule has 0 aliphatic heterocycles. The zero-order valence-electron chi connectivity index (χ0n) is 19.6. The SMILES string of the molecule is CC(C)(O)CCNc1c(C(=O)NCC(F)C(C)(C)O)cnn2cc(-c3ccc(C#N)nc3)cc12. The number of aliphatic hydroxyl groups is 2. The van der Waals surface area contributed by atoms with Gasteiger partial charge >= 0.3 is 0 Å². The Labute approximate surface area is 197 Å². The predicted octanol–water partition coefficient (Wildman–Crippen LogP) is 2.68. The summed E-state index contributed by atoms with van der Waals surface area (Å²) in [6, 6.07) is 7.19. The molecule has 34 heavy (non-hydrogen) atoms. The Kier molecular flexibility index (Phi) is 7.19. The second kappa shape index (κ2) is 9.75. The van der Waals surface area contributed by atoms with Crippen LogP contribution < -0.4 is 10.6 Å². The fourth-order valence-electron chi connectivity index (χ4n) is 3.22. The minimum Gasteiger partial charge on any atom is -0.390 e. The van der Waals surface area contributed by atoms with Gasteiger partial charge in [0.2, 0.25) is 0 Å². The van der Waals surface area contributed by atoms with Gasteiger partial charge in [-0.1, -0.05) is 0 Å². The van der Waals surface area contributed by atoms with Gasteiger partial charge < -0.3 is 20.8 Å². The molecule has 10 heteroatoms. The molecule has 0 radical (unpaired) electrons. The number of nitriles is 1. The maximum atomic E-state index is 14.2. The average molecular weight is 469 g/mol. The van der Waals surface area contributed by atoms with E-state index < -0.39 is 23.3 Å². The number of anilines is 1. The van der Waals surface area contributed by atoms with Gasteiger partial charge in [-0.05, 0) is 52.3 Å². The maximum absolute atomic E-state index is 14.2. The van der Waals surface area contributed by atoms with Crippen LogP contribution in [0.25, 0.3) is 16.6 Å². The van der Waals surface area contributed by atoms with Crippen molar-refractivity contribution in [3.05, 3.63) is 48.0 Å². The van der Waals surface area contributed by atoms with E-state index in [1.807, 2.05) is 12.1 Å². The van der Waals surface area contributed by atoms with Crippen molar-refractivity contribution in [1.29, 1.82) is 5.26 Å². The van der Waals surface area contributed by atoms with Crippen molar-refractivity contribution in [3.63, 3.8) is 0 Å². The van der Waals surface area contributed by atoms with E-state index >= 15 is 0 Å². The van der Waals surface area contributed by atoms with Gasteiger partial charge in [0.15, 0.2) is 0 Å². The standard InChI is InChI=1S/C24H29FN6O3/c1-23(2,33)7-8-27-21-18(22(32)29-13-20(25)24(3,4)34)12-30-31-14-16(9-19(21)31)15-5-6-17(10-26)28-11-15/h5-6,9,11-12,14,20,27,33-34H,7-8,13H2,1-4H3,(H,29,32). The Morgan fingerprint density at radius 2 is 1.97 bits per heavy atom. The number of carbonyl (C=O) groups is 1. The van der Waals surface area contributed by atoms with Gasteiger partial charge in [0.05, 0.1) is 40.7 Å².